The highest BCUT2D eigenvalue weighted by atomic mass is 127. The van der Waals surface area contributed by atoms with Crippen LogP contribution in [0.1, 0.15) is 31.1 Å². The van der Waals surface area contributed by atoms with Crippen molar-refractivity contribution in [2.75, 3.05) is 18.4 Å². The fourth-order valence-corrected chi connectivity index (χ4v) is 3.50. The molecule has 30 heavy (non-hydrogen) atoms. The van der Waals surface area contributed by atoms with Crippen molar-refractivity contribution in [3.8, 4) is 0 Å². The minimum atomic E-state index is -0.582. The zero-order chi connectivity index (χ0) is 22.1. The molecule has 0 aliphatic carbocycles. The summed E-state index contributed by atoms with van der Waals surface area (Å²) in [5.74, 6) is -0.898. The normalized spacial score (nSPS) is 14.1. The molecule has 0 saturated carbocycles. The van der Waals surface area contributed by atoms with Gasteiger partial charge in [-0.25, -0.2) is 9.18 Å². The van der Waals surface area contributed by atoms with Gasteiger partial charge in [0, 0.05) is 22.9 Å². The summed E-state index contributed by atoms with van der Waals surface area (Å²) in [6.07, 6.45) is 2.33. The van der Waals surface area contributed by atoms with Gasteiger partial charge in [0.1, 0.15) is 11.4 Å². The van der Waals surface area contributed by atoms with Gasteiger partial charge < -0.3 is 20.3 Å². The molecule has 0 atom stereocenters. The summed E-state index contributed by atoms with van der Waals surface area (Å²) in [5, 5.41) is 5.85. The van der Waals surface area contributed by atoms with E-state index in [-0.39, 0.29) is 28.0 Å². The van der Waals surface area contributed by atoms with Crippen molar-refractivity contribution in [2.45, 2.75) is 32.4 Å². The summed E-state index contributed by atoms with van der Waals surface area (Å²) >= 11 is 8.22. The van der Waals surface area contributed by atoms with Crippen molar-refractivity contribution < 1.29 is 18.7 Å². The topological polar surface area (TPSA) is 83.6 Å². The number of anilines is 2. The van der Waals surface area contributed by atoms with Gasteiger partial charge in [-0.1, -0.05) is 11.6 Å². The Kier molecular flexibility index (Phi) is 6.71. The minimum Gasteiger partial charge on any atom is -0.444 e. The molecule has 10 heteroatoms. The van der Waals surface area contributed by atoms with E-state index in [9.17, 15) is 14.0 Å². The molecule has 3 rings (SSSR count). The number of nitrogens with one attached hydrogen (secondary N) is 2. The predicted molar refractivity (Wildman–Crippen MR) is 121 cm³/mol. The molecular weight excluding hydrogens is 526 g/mol. The zero-order valence-corrected chi connectivity index (χ0v) is 19.5. The van der Waals surface area contributed by atoms with Gasteiger partial charge in [0.15, 0.2) is 0 Å². The lowest BCUT2D eigenvalue weighted by molar-refractivity contribution is 0.00533. The lowest BCUT2D eigenvalue weighted by Crippen LogP contribution is -2.61. The molecule has 160 valence electrons. The standard InChI is InChI=1S/C20H21ClFIN4O3/c1-20(2,3)30-19(29)27-9-12(10-27)25-18(28)17-13(21)7-24-8-16(17)26-15-5-4-11(23)6-14(15)22/h4-8,12,26H,9-10H2,1-3H3,(H,25,28). The highest BCUT2D eigenvalue weighted by molar-refractivity contribution is 14.1. The molecule has 0 radical (unpaired) electrons. The largest absolute Gasteiger partial charge is 0.444 e. The van der Waals surface area contributed by atoms with E-state index in [4.69, 9.17) is 16.3 Å². The first kappa shape index (κ1) is 22.5. The van der Waals surface area contributed by atoms with E-state index in [1.807, 2.05) is 22.6 Å². The zero-order valence-electron chi connectivity index (χ0n) is 16.6. The summed E-state index contributed by atoms with van der Waals surface area (Å²) in [7, 11) is 0. The maximum absolute atomic E-state index is 14.2. The Labute approximate surface area is 192 Å². The average Bonchev–Trinajstić information content (AvgIpc) is 2.58. The number of hydrogen-bond donors (Lipinski definition) is 2. The number of amides is 2. The van der Waals surface area contributed by atoms with E-state index < -0.39 is 23.4 Å². The van der Waals surface area contributed by atoms with Crippen LogP contribution in [-0.4, -0.2) is 46.6 Å². The summed E-state index contributed by atoms with van der Waals surface area (Å²) in [4.78, 5) is 30.3. The second kappa shape index (κ2) is 8.93. The lowest BCUT2D eigenvalue weighted by atomic mass is 10.1. The van der Waals surface area contributed by atoms with E-state index in [0.717, 1.165) is 3.57 Å². The number of rotatable bonds is 4. The van der Waals surface area contributed by atoms with Gasteiger partial charge >= 0.3 is 6.09 Å². The van der Waals surface area contributed by atoms with Gasteiger partial charge in [-0.3, -0.25) is 9.78 Å². The molecule has 0 unspecified atom stereocenters. The number of carbonyl (C=O) groups is 2. The smallest absolute Gasteiger partial charge is 0.410 e. The van der Waals surface area contributed by atoms with E-state index in [1.54, 1.807) is 32.9 Å². The molecule has 1 aliphatic heterocycles. The van der Waals surface area contributed by atoms with E-state index in [1.165, 1.54) is 23.4 Å². The van der Waals surface area contributed by atoms with Crippen LogP contribution in [0.5, 0.6) is 0 Å². The van der Waals surface area contributed by atoms with Crippen molar-refractivity contribution in [3.05, 3.63) is 50.6 Å². The van der Waals surface area contributed by atoms with Gasteiger partial charge in [-0.15, -0.1) is 0 Å². The molecule has 1 saturated heterocycles. The van der Waals surface area contributed by atoms with Crippen molar-refractivity contribution in [3.63, 3.8) is 0 Å². The van der Waals surface area contributed by atoms with E-state index >= 15 is 0 Å². The quantitative estimate of drug-likeness (QED) is 0.549. The van der Waals surface area contributed by atoms with Gasteiger partial charge in [-0.05, 0) is 61.6 Å². The number of pyridine rings is 1. The molecule has 0 bridgehead atoms. The first-order chi connectivity index (χ1) is 14.0. The maximum Gasteiger partial charge on any atom is 0.410 e. The summed E-state index contributed by atoms with van der Waals surface area (Å²) in [6.45, 7) is 6.04. The molecule has 2 aromatic rings. The Balaban J connectivity index is 1.68. The highest BCUT2D eigenvalue weighted by Crippen LogP contribution is 2.28. The Morgan fingerprint density at radius 3 is 2.60 bits per heavy atom. The number of likely N-dealkylation sites (tertiary alicyclic amines) is 1. The van der Waals surface area contributed by atoms with Crippen LogP contribution in [0.15, 0.2) is 30.6 Å². The number of carbonyl (C=O) groups excluding carboxylic acids is 2. The lowest BCUT2D eigenvalue weighted by Gasteiger charge is -2.40. The number of ether oxygens (including phenoxy) is 1. The van der Waals surface area contributed by atoms with Crippen molar-refractivity contribution in [2.24, 2.45) is 0 Å². The van der Waals surface area contributed by atoms with Crippen molar-refractivity contribution in [1.29, 1.82) is 0 Å². The SMILES string of the molecule is CC(C)(C)OC(=O)N1CC(NC(=O)c2c(Cl)cncc2Nc2ccc(I)cc2F)C1. The minimum absolute atomic E-state index is 0.131. The third-order valence-electron chi connectivity index (χ3n) is 4.20. The fourth-order valence-electron chi connectivity index (χ4n) is 2.80. The molecule has 0 spiro atoms. The van der Waals surface area contributed by atoms with Crippen molar-refractivity contribution >= 4 is 57.6 Å². The van der Waals surface area contributed by atoms with Crippen LogP contribution in [0.4, 0.5) is 20.6 Å². The molecule has 2 N–H and O–H groups in total. The first-order valence-electron chi connectivity index (χ1n) is 9.18. The van der Waals surface area contributed by atoms with Crippen LogP contribution in [0.2, 0.25) is 5.02 Å². The summed E-state index contributed by atoms with van der Waals surface area (Å²) in [6, 6.07) is 4.45. The molecule has 1 aliphatic rings. The molecule has 1 fully saturated rings. The van der Waals surface area contributed by atoms with E-state index in [2.05, 4.69) is 15.6 Å². The third kappa shape index (κ3) is 5.51. The second-order valence-corrected chi connectivity index (χ2v) is 9.50. The predicted octanol–water partition coefficient (Wildman–Crippen LogP) is 4.57. The fraction of sp³-hybridized carbons (Fsp3) is 0.350. The Hall–Kier alpha value is -2.14. The Bertz CT molecular complexity index is 977. The average molecular weight is 547 g/mol. The number of aromatic nitrogens is 1. The number of benzene rings is 1. The van der Waals surface area contributed by atoms with Crippen LogP contribution in [0.3, 0.4) is 0 Å². The van der Waals surface area contributed by atoms with Crippen LogP contribution in [0.25, 0.3) is 0 Å². The Morgan fingerprint density at radius 1 is 1.27 bits per heavy atom. The molecule has 1 aromatic heterocycles. The van der Waals surface area contributed by atoms with Gasteiger partial charge in [-0.2, -0.15) is 0 Å². The molecule has 2 heterocycles. The molecule has 2 amide bonds. The van der Waals surface area contributed by atoms with Crippen LogP contribution < -0.4 is 10.6 Å². The number of hydrogen-bond acceptors (Lipinski definition) is 5. The third-order valence-corrected chi connectivity index (χ3v) is 5.15. The molecule has 7 nitrogen and oxygen atoms in total. The van der Waals surface area contributed by atoms with Crippen molar-refractivity contribution in [1.82, 2.24) is 15.2 Å². The first-order valence-corrected chi connectivity index (χ1v) is 10.6. The van der Waals surface area contributed by atoms with Crippen LogP contribution in [-0.2, 0) is 4.74 Å². The van der Waals surface area contributed by atoms with Crippen LogP contribution >= 0.6 is 34.2 Å². The van der Waals surface area contributed by atoms with E-state index in [0.29, 0.717) is 13.1 Å². The maximum atomic E-state index is 14.2. The summed E-state index contributed by atoms with van der Waals surface area (Å²) < 4.78 is 20.3. The van der Waals surface area contributed by atoms with Gasteiger partial charge in [0.2, 0.25) is 0 Å². The molecular formula is C20H21ClFIN4O3. The van der Waals surface area contributed by atoms with Crippen LogP contribution in [0, 0.1) is 9.39 Å². The van der Waals surface area contributed by atoms with Gasteiger partial charge in [0.25, 0.3) is 5.91 Å². The number of nitrogens with zero attached hydrogens (tertiary/aromatic N) is 2. The molecule has 1 aromatic carbocycles. The number of halogens is 3. The summed E-state index contributed by atoms with van der Waals surface area (Å²) in [5.41, 5.74) is 0.0541. The highest BCUT2D eigenvalue weighted by Gasteiger charge is 2.35. The second-order valence-electron chi connectivity index (χ2n) is 7.85. The monoisotopic (exact) mass is 546 g/mol. The van der Waals surface area contributed by atoms with Gasteiger partial charge in [0.05, 0.1) is 34.2 Å². The Morgan fingerprint density at radius 2 is 1.97 bits per heavy atom.